The molecule has 0 unspecified atom stereocenters. The number of rotatable bonds is 8. The molecule has 0 spiro atoms. The predicted octanol–water partition coefficient (Wildman–Crippen LogP) is 4.13. The van der Waals surface area contributed by atoms with Crippen LogP contribution in [0.1, 0.15) is 17.2 Å². The quantitative estimate of drug-likeness (QED) is 0.197. The van der Waals surface area contributed by atoms with Gasteiger partial charge >= 0.3 is 6.18 Å². The fourth-order valence-electron chi connectivity index (χ4n) is 2.90. The third-order valence-corrected chi connectivity index (χ3v) is 4.42. The standard InChI is InChI=1S/C21H18F4N8/c22-16-3-1-2-4-17(16)29-8-12(7-26)5-14-6-15(18(33-14)19(28)32-11-27)13-9-30-20(31-10-13)21(23,24)25/h1-4,6-11,26,29,33H,5H2,(H3,27,28,32)/b12-8-,26-7?. The van der Waals surface area contributed by atoms with E-state index >= 15 is 0 Å². The third kappa shape index (κ3) is 5.67. The molecule has 2 heterocycles. The summed E-state index contributed by atoms with van der Waals surface area (Å²) in [5.41, 5.74) is 8.00. The molecule has 8 nitrogen and oxygen atoms in total. The zero-order valence-corrected chi connectivity index (χ0v) is 16.9. The molecule has 0 aliphatic heterocycles. The van der Waals surface area contributed by atoms with Crippen molar-refractivity contribution in [2.45, 2.75) is 12.6 Å². The molecule has 2 aromatic heterocycles. The summed E-state index contributed by atoms with van der Waals surface area (Å²) in [6.45, 7) is 0. The Morgan fingerprint density at radius 1 is 1.18 bits per heavy atom. The van der Waals surface area contributed by atoms with E-state index in [0.717, 1.165) is 24.9 Å². The Balaban J connectivity index is 1.93. The van der Waals surface area contributed by atoms with Gasteiger partial charge in [-0.25, -0.2) is 19.4 Å². The van der Waals surface area contributed by atoms with Gasteiger partial charge in [0, 0.05) is 48.0 Å². The van der Waals surface area contributed by atoms with Crippen LogP contribution < -0.4 is 11.1 Å². The van der Waals surface area contributed by atoms with E-state index in [4.69, 9.17) is 16.6 Å². The van der Waals surface area contributed by atoms with Gasteiger partial charge in [-0.05, 0) is 23.8 Å². The number of aliphatic imine (C=N–C) groups is 1. The van der Waals surface area contributed by atoms with Crippen LogP contribution in [-0.2, 0) is 12.6 Å². The smallest absolute Gasteiger partial charge is 0.382 e. The van der Waals surface area contributed by atoms with Gasteiger partial charge < -0.3 is 21.4 Å². The number of hydrogen-bond donors (Lipinski definition) is 5. The number of benzene rings is 1. The average Bonchev–Trinajstić information content (AvgIpc) is 3.21. The molecule has 6 N–H and O–H groups in total. The maximum atomic E-state index is 13.8. The number of nitrogens with two attached hydrogens (primary N) is 1. The molecule has 0 fully saturated rings. The molecule has 170 valence electrons. The summed E-state index contributed by atoms with van der Waals surface area (Å²) >= 11 is 0. The van der Waals surface area contributed by atoms with Crippen LogP contribution in [0.5, 0.6) is 0 Å². The van der Waals surface area contributed by atoms with Crippen LogP contribution in [0.4, 0.5) is 23.2 Å². The fraction of sp³-hybridized carbons (Fsp3) is 0.0952. The van der Waals surface area contributed by atoms with Crippen molar-refractivity contribution in [1.82, 2.24) is 15.0 Å². The normalized spacial score (nSPS) is 12.5. The molecular formula is C21H18F4N8. The first-order valence-corrected chi connectivity index (χ1v) is 9.37. The number of para-hydroxylation sites is 1. The summed E-state index contributed by atoms with van der Waals surface area (Å²) < 4.78 is 52.1. The Morgan fingerprint density at radius 2 is 1.88 bits per heavy atom. The van der Waals surface area contributed by atoms with Crippen molar-refractivity contribution in [1.29, 1.82) is 10.8 Å². The highest BCUT2D eigenvalue weighted by Gasteiger charge is 2.34. The molecule has 0 radical (unpaired) electrons. The van der Waals surface area contributed by atoms with Crippen LogP contribution in [-0.4, -0.2) is 33.3 Å². The summed E-state index contributed by atoms with van der Waals surface area (Å²) in [6, 6.07) is 7.64. The lowest BCUT2D eigenvalue weighted by Crippen LogP contribution is -2.15. The lowest BCUT2D eigenvalue weighted by molar-refractivity contribution is -0.144. The maximum Gasteiger partial charge on any atom is 0.451 e. The molecule has 3 aromatic rings. The van der Waals surface area contributed by atoms with Gasteiger partial charge in [-0.2, -0.15) is 13.2 Å². The first-order valence-electron chi connectivity index (χ1n) is 9.37. The van der Waals surface area contributed by atoms with Crippen molar-refractivity contribution in [3.05, 3.63) is 77.5 Å². The number of H-pyrrole nitrogens is 1. The second kappa shape index (κ2) is 9.85. The number of aromatic nitrogens is 3. The van der Waals surface area contributed by atoms with E-state index in [1.54, 1.807) is 18.2 Å². The molecule has 33 heavy (non-hydrogen) atoms. The molecule has 0 saturated carbocycles. The summed E-state index contributed by atoms with van der Waals surface area (Å²) in [6.07, 6.45) is 0.780. The number of amidine groups is 1. The Labute approximate surface area is 185 Å². The molecule has 0 aliphatic carbocycles. The minimum atomic E-state index is -4.68. The number of aromatic amines is 1. The zero-order chi connectivity index (χ0) is 24.0. The van der Waals surface area contributed by atoms with Crippen LogP contribution in [0.15, 0.2) is 59.5 Å². The van der Waals surface area contributed by atoms with Crippen LogP contribution in [0.25, 0.3) is 11.1 Å². The van der Waals surface area contributed by atoms with Crippen LogP contribution in [0, 0.1) is 16.6 Å². The number of anilines is 1. The van der Waals surface area contributed by atoms with E-state index < -0.39 is 17.8 Å². The van der Waals surface area contributed by atoms with Crippen molar-refractivity contribution in [3.8, 4) is 11.1 Å². The number of allylic oxidation sites excluding steroid dienone is 1. The Bertz CT molecular complexity index is 1210. The topological polar surface area (TPSA) is 140 Å². The van der Waals surface area contributed by atoms with E-state index in [1.807, 2.05) is 0 Å². The zero-order valence-electron chi connectivity index (χ0n) is 16.9. The summed E-state index contributed by atoms with van der Waals surface area (Å²) in [5, 5.41) is 17.6. The Kier molecular flexibility index (Phi) is 6.96. The van der Waals surface area contributed by atoms with Crippen LogP contribution in [0.3, 0.4) is 0 Å². The minimum absolute atomic E-state index is 0.0731. The molecule has 0 saturated heterocycles. The number of alkyl halides is 3. The van der Waals surface area contributed by atoms with Gasteiger partial charge in [0.25, 0.3) is 0 Å². The van der Waals surface area contributed by atoms with Crippen LogP contribution >= 0.6 is 0 Å². The fourth-order valence-corrected chi connectivity index (χ4v) is 2.90. The minimum Gasteiger partial charge on any atom is -0.382 e. The average molecular weight is 458 g/mol. The summed E-state index contributed by atoms with van der Waals surface area (Å²) in [4.78, 5) is 13.4. The molecule has 0 aliphatic rings. The molecule has 0 bridgehead atoms. The molecule has 1 aromatic carbocycles. The summed E-state index contributed by atoms with van der Waals surface area (Å²) in [7, 11) is 0. The van der Waals surface area contributed by atoms with Gasteiger partial charge in [-0.15, -0.1) is 0 Å². The van der Waals surface area contributed by atoms with Crippen molar-refractivity contribution in [2.75, 3.05) is 5.32 Å². The third-order valence-electron chi connectivity index (χ3n) is 4.42. The van der Waals surface area contributed by atoms with E-state index in [9.17, 15) is 17.6 Å². The highest BCUT2D eigenvalue weighted by atomic mass is 19.4. The van der Waals surface area contributed by atoms with Crippen molar-refractivity contribution in [2.24, 2.45) is 10.7 Å². The second-order valence-electron chi connectivity index (χ2n) is 6.68. The molecule has 0 amide bonds. The lowest BCUT2D eigenvalue weighted by atomic mass is 10.1. The predicted molar refractivity (Wildman–Crippen MR) is 117 cm³/mol. The highest BCUT2D eigenvalue weighted by Crippen LogP contribution is 2.29. The van der Waals surface area contributed by atoms with Crippen molar-refractivity contribution in [3.63, 3.8) is 0 Å². The van der Waals surface area contributed by atoms with Gasteiger partial charge in [-0.3, -0.25) is 5.41 Å². The number of halogens is 4. The van der Waals surface area contributed by atoms with Gasteiger partial charge in [0.1, 0.15) is 18.0 Å². The first-order chi connectivity index (χ1) is 15.7. The first kappa shape index (κ1) is 23.3. The summed E-state index contributed by atoms with van der Waals surface area (Å²) in [5.74, 6) is -1.81. The Morgan fingerprint density at radius 3 is 2.48 bits per heavy atom. The number of hydrogen-bond acceptors (Lipinski definition) is 5. The second-order valence-corrected chi connectivity index (χ2v) is 6.68. The molecule has 0 atom stereocenters. The van der Waals surface area contributed by atoms with Gasteiger partial charge in [0.15, 0.2) is 0 Å². The maximum absolute atomic E-state index is 13.8. The van der Waals surface area contributed by atoms with Crippen molar-refractivity contribution >= 4 is 24.1 Å². The lowest BCUT2D eigenvalue weighted by Gasteiger charge is -2.06. The van der Waals surface area contributed by atoms with E-state index in [0.29, 0.717) is 16.8 Å². The van der Waals surface area contributed by atoms with Gasteiger partial charge in [0.2, 0.25) is 5.82 Å². The SMILES string of the molecule is N=C/N=C(/N)c1[nH]c(C/C(C=N)=C/Nc2ccccc2F)cc1-c1cnc(C(F)(F)F)nc1. The largest absolute Gasteiger partial charge is 0.451 e. The number of nitrogens with zero attached hydrogens (tertiary/aromatic N) is 3. The van der Waals surface area contributed by atoms with Gasteiger partial charge in [0.05, 0.1) is 11.4 Å². The van der Waals surface area contributed by atoms with E-state index in [-0.39, 0.29) is 29.2 Å². The monoisotopic (exact) mass is 458 g/mol. The van der Waals surface area contributed by atoms with Gasteiger partial charge in [-0.1, -0.05) is 12.1 Å². The van der Waals surface area contributed by atoms with Crippen LogP contribution in [0.2, 0.25) is 0 Å². The van der Waals surface area contributed by atoms with E-state index in [2.05, 4.69) is 25.3 Å². The van der Waals surface area contributed by atoms with E-state index in [1.165, 1.54) is 18.3 Å². The molecule has 12 heteroatoms. The highest BCUT2D eigenvalue weighted by molar-refractivity contribution is 6.04. The van der Waals surface area contributed by atoms with Crippen molar-refractivity contribution < 1.29 is 17.6 Å². The molecular weight excluding hydrogens is 440 g/mol. The Hall–Kier alpha value is -4.35. The molecule has 3 rings (SSSR count). The number of nitrogens with one attached hydrogen (secondary N) is 4.